The lowest BCUT2D eigenvalue weighted by Gasteiger charge is -2.09. The van der Waals surface area contributed by atoms with Crippen LogP contribution in [0.15, 0.2) is 18.2 Å². The van der Waals surface area contributed by atoms with E-state index in [-0.39, 0.29) is 18.2 Å². The summed E-state index contributed by atoms with van der Waals surface area (Å²) in [6, 6.07) is 5.73. The highest BCUT2D eigenvalue weighted by molar-refractivity contribution is 8.24. The molecule has 2 amide bonds. The fraction of sp³-hybridized carbons (Fsp3) is 0.308. The zero-order valence-corrected chi connectivity index (χ0v) is 12.3. The second-order valence-electron chi connectivity index (χ2n) is 4.43. The molecule has 1 saturated heterocycles. The van der Waals surface area contributed by atoms with E-state index in [1.54, 1.807) is 0 Å². The van der Waals surface area contributed by atoms with Gasteiger partial charge in [-0.15, -0.1) is 0 Å². The second-order valence-corrected chi connectivity index (χ2v) is 6.31. The average Bonchev–Trinajstić information content (AvgIpc) is 2.62. The quantitative estimate of drug-likeness (QED) is 0.839. The van der Waals surface area contributed by atoms with Crippen LogP contribution in [0.2, 0.25) is 0 Å². The summed E-state index contributed by atoms with van der Waals surface area (Å²) in [5.74, 6) is -0.370. The normalized spacial score (nSPS) is 18.3. The van der Waals surface area contributed by atoms with Crippen LogP contribution in [0, 0.1) is 13.8 Å². The van der Waals surface area contributed by atoms with Crippen LogP contribution in [-0.2, 0) is 9.59 Å². The van der Waals surface area contributed by atoms with Crippen LogP contribution in [0.4, 0.5) is 5.69 Å². The third-order valence-electron chi connectivity index (χ3n) is 2.93. The summed E-state index contributed by atoms with van der Waals surface area (Å²) in [6.45, 7) is 4.01. The Kier molecular flexibility index (Phi) is 4.21. The molecule has 1 atom stereocenters. The Morgan fingerprint density at radius 1 is 1.42 bits per heavy atom. The SMILES string of the molecule is Cc1ccc(NC(=O)C[C@@H]2SC(=S)NC2=O)cc1C. The van der Waals surface area contributed by atoms with Gasteiger partial charge in [-0.05, 0) is 37.1 Å². The molecule has 1 aromatic carbocycles. The van der Waals surface area contributed by atoms with Gasteiger partial charge in [0.05, 0.1) is 5.25 Å². The number of hydrogen-bond acceptors (Lipinski definition) is 4. The van der Waals surface area contributed by atoms with Gasteiger partial charge in [0.1, 0.15) is 4.32 Å². The molecule has 0 spiro atoms. The molecule has 1 fully saturated rings. The number of aryl methyl sites for hydroxylation is 2. The molecule has 2 N–H and O–H groups in total. The van der Waals surface area contributed by atoms with E-state index in [1.165, 1.54) is 17.3 Å². The van der Waals surface area contributed by atoms with Crippen molar-refractivity contribution in [2.75, 3.05) is 5.32 Å². The maximum Gasteiger partial charge on any atom is 0.239 e. The molecule has 1 aromatic rings. The Bertz CT molecular complexity index is 558. The summed E-state index contributed by atoms with van der Waals surface area (Å²) in [7, 11) is 0. The molecule has 6 heteroatoms. The minimum absolute atomic E-state index is 0.129. The highest BCUT2D eigenvalue weighted by atomic mass is 32.2. The summed E-state index contributed by atoms with van der Waals surface area (Å²) in [5, 5.41) is 4.91. The minimum Gasteiger partial charge on any atom is -0.326 e. The largest absolute Gasteiger partial charge is 0.326 e. The van der Waals surface area contributed by atoms with Crippen molar-refractivity contribution in [2.24, 2.45) is 0 Å². The van der Waals surface area contributed by atoms with E-state index in [0.717, 1.165) is 11.3 Å². The zero-order chi connectivity index (χ0) is 14.0. The summed E-state index contributed by atoms with van der Waals surface area (Å²) >= 11 is 6.11. The number of anilines is 1. The van der Waals surface area contributed by atoms with E-state index in [9.17, 15) is 9.59 Å². The van der Waals surface area contributed by atoms with Crippen LogP contribution in [0.1, 0.15) is 17.5 Å². The summed E-state index contributed by atoms with van der Waals surface area (Å²) in [5.41, 5.74) is 3.04. The molecule has 0 aliphatic carbocycles. The smallest absolute Gasteiger partial charge is 0.239 e. The number of nitrogens with one attached hydrogen (secondary N) is 2. The number of amides is 2. The van der Waals surface area contributed by atoms with Crippen LogP contribution in [0.5, 0.6) is 0 Å². The molecule has 1 aliphatic heterocycles. The minimum atomic E-state index is -0.418. The van der Waals surface area contributed by atoms with Crippen molar-refractivity contribution in [1.82, 2.24) is 5.32 Å². The number of thiocarbonyl (C=S) groups is 1. The van der Waals surface area contributed by atoms with Crippen molar-refractivity contribution >= 4 is 45.8 Å². The number of thioether (sulfide) groups is 1. The monoisotopic (exact) mass is 294 g/mol. The average molecular weight is 294 g/mol. The fourth-order valence-corrected chi connectivity index (χ4v) is 2.99. The van der Waals surface area contributed by atoms with E-state index < -0.39 is 5.25 Å². The van der Waals surface area contributed by atoms with Crippen molar-refractivity contribution in [3.8, 4) is 0 Å². The number of rotatable bonds is 3. The van der Waals surface area contributed by atoms with Gasteiger partial charge in [-0.25, -0.2) is 0 Å². The standard InChI is InChI=1S/C13H14N2O2S2/c1-7-3-4-9(5-8(7)2)14-11(16)6-10-12(17)15-13(18)19-10/h3-5,10H,6H2,1-2H3,(H,14,16)(H,15,17,18)/t10-/m0/s1. The van der Waals surface area contributed by atoms with Gasteiger partial charge >= 0.3 is 0 Å². The first kappa shape index (κ1) is 14.0. The van der Waals surface area contributed by atoms with E-state index in [4.69, 9.17) is 12.2 Å². The molecule has 100 valence electrons. The highest BCUT2D eigenvalue weighted by Gasteiger charge is 2.30. The Morgan fingerprint density at radius 3 is 2.74 bits per heavy atom. The number of benzene rings is 1. The van der Waals surface area contributed by atoms with E-state index in [0.29, 0.717) is 4.32 Å². The van der Waals surface area contributed by atoms with E-state index in [2.05, 4.69) is 10.6 Å². The summed E-state index contributed by atoms with van der Waals surface area (Å²) in [6.07, 6.45) is 0.129. The van der Waals surface area contributed by atoms with Crippen molar-refractivity contribution in [2.45, 2.75) is 25.5 Å². The topological polar surface area (TPSA) is 58.2 Å². The molecule has 0 saturated carbocycles. The fourth-order valence-electron chi connectivity index (χ4n) is 1.73. The summed E-state index contributed by atoms with van der Waals surface area (Å²) < 4.78 is 0.439. The molecule has 19 heavy (non-hydrogen) atoms. The molecule has 0 aromatic heterocycles. The Balaban J connectivity index is 1.96. The first-order valence-electron chi connectivity index (χ1n) is 5.84. The van der Waals surface area contributed by atoms with Gasteiger partial charge in [-0.2, -0.15) is 0 Å². The third kappa shape index (κ3) is 3.54. The Morgan fingerprint density at radius 2 is 2.16 bits per heavy atom. The van der Waals surface area contributed by atoms with Gasteiger partial charge in [0.2, 0.25) is 11.8 Å². The molecule has 0 unspecified atom stereocenters. The maximum atomic E-state index is 11.9. The van der Waals surface area contributed by atoms with Gasteiger partial charge in [0.25, 0.3) is 0 Å². The molecular formula is C13H14N2O2S2. The predicted molar refractivity (Wildman–Crippen MR) is 81.3 cm³/mol. The lowest BCUT2D eigenvalue weighted by Crippen LogP contribution is -2.27. The highest BCUT2D eigenvalue weighted by Crippen LogP contribution is 2.23. The third-order valence-corrected chi connectivity index (χ3v) is 4.30. The van der Waals surface area contributed by atoms with Crippen LogP contribution in [0.25, 0.3) is 0 Å². The number of carbonyl (C=O) groups is 2. The van der Waals surface area contributed by atoms with Gasteiger partial charge in [0.15, 0.2) is 0 Å². The molecule has 0 radical (unpaired) electrons. The van der Waals surface area contributed by atoms with Gasteiger partial charge < -0.3 is 10.6 Å². The molecule has 2 rings (SSSR count). The zero-order valence-electron chi connectivity index (χ0n) is 10.6. The number of carbonyl (C=O) groups excluding carboxylic acids is 2. The molecule has 0 bridgehead atoms. The van der Waals surface area contributed by atoms with Crippen LogP contribution < -0.4 is 10.6 Å². The molecule has 1 heterocycles. The molecule has 1 aliphatic rings. The number of hydrogen-bond donors (Lipinski definition) is 2. The van der Waals surface area contributed by atoms with Crippen LogP contribution >= 0.6 is 24.0 Å². The van der Waals surface area contributed by atoms with Crippen molar-refractivity contribution in [3.63, 3.8) is 0 Å². The molecular weight excluding hydrogens is 280 g/mol. The Labute approximate surface area is 121 Å². The lowest BCUT2D eigenvalue weighted by atomic mass is 10.1. The summed E-state index contributed by atoms with van der Waals surface area (Å²) in [4.78, 5) is 23.3. The van der Waals surface area contributed by atoms with Gasteiger partial charge in [-0.3, -0.25) is 9.59 Å². The lowest BCUT2D eigenvalue weighted by molar-refractivity contribution is -0.122. The van der Waals surface area contributed by atoms with Gasteiger partial charge in [0, 0.05) is 12.1 Å². The van der Waals surface area contributed by atoms with Crippen LogP contribution in [-0.4, -0.2) is 21.4 Å². The van der Waals surface area contributed by atoms with Crippen LogP contribution in [0.3, 0.4) is 0 Å². The van der Waals surface area contributed by atoms with Crippen molar-refractivity contribution < 1.29 is 9.59 Å². The van der Waals surface area contributed by atoms with Crippen molar-refractivity contribution in [1.29, 1.82) is 0 Å². The molecule has 4 nitrogen and oxygen atoms in total. The van der Waals surface area contributed by atoms with E-state index in [1.807, 2.05) is 32.0 Å². The van der Waals surface area contributed by atoms with Crippen molar-refractivity contribution in [3.05, 3.63) is 29.3 Å². The predicted octanol–water partition coefficient (Wildman–Crippen LogP) is 2.15. The first-order valence-corrected chi connectivity index (χ1v) is 7.13. The second kappa shape index (κ2) is 5.71. The maximum absolute atomic E-state index is 11.9. The van der Waals surface area contributed by atoms with E-state index >= 15 is 0 Å². The Hall–Kier alpha value is -1.40. The van der Waals surface area contributed by atoms with Gasteiger partial charge in [-0.1, -0.05) is 30.0 Å². The first-order chi connectivity index (χ1) is 8.95.